The third kappa shape index (κ3) is 5.89. The van der Waals surface area contributed by atoms with Crippen LogP contribution in [0.1, 0.15) is 78.7 Å². The Hall–Kier alpha value is -2.96. The number of aromatic nitrogens is 1. The standard InChI is InChI=1S/C26H35FN2O4/c1-8-28-18(6)23(17(5)24(28)26(32)33-9-2)25(31)19(7)29(22(30)14-16(3)4)15-20-10-12-21(27)13-11-20/h10-13,16,19H,8-9,14-15H2,1-7H3/t19-/m0/s1. The van der Waals surface area contributed by atoms with Crippen molar-refractivity contribution < 1.29 is 23.5 Å². The lowest BCUT2D eigenvalue weighted by Gasteiger charge is -2.29. The third-order valence-corrected chi connectivity index (χ3v) is 5.81. The van der Waals surface area contributed by atoms with Crippen LogP contribution in [0.3, 0.4) is 0 Å². The van der Waals surface area contributed by atoms with Gasteiger partial charge in [0.05, 0.1) is 12.6 Å². The van der Waals surface area contributed by atoms with E-state index in [9.17, 15) is 18.8 Å². The molecule has 180 valence electrons. The maximum atomic E-state index is 13.7. The molecule has 0 saturated heterocycles. The van der Waals surface area contributed by atoms with Gasteiger partial charge in [-0.25, -0.2) is 9.18 Å². The molecule has 33 heavy (non-hydrogen) atoms. The van der Waals surface area contributed by atoms with Crippen molar-refractivity contribution in [3.8, 4) is 0 Å². The molecule has 0 bridgehead atoms. The van der Waals surface area contributed by atoms with Crippen molar-refractivity contribution >= 4 is 17.7 Å². The number of amides is 1. The van der Waals surface area contributed by atoms with Crippen LogP contribution in [0.4, 0.5) is 4.39 Å². The maximum Gasteiger partial charge on any atom is 0.355 e. The Labute approximate surface area is 195 Å². The number of carbonyl (C=O) groups is 3. The van der Waals surface area contributed by atoms with Crippen LogP contribution in [-0.2, 0) is 22.6 Å². The second kappa shape index (κ2) is 11.3. The van der Waals surface area contributed by atoms with Crippen molar-refractivity contribution in [1.29, 1.82) is 0 Å². The van der Waals surface area contributed by atoms with E-state index in [4.69, 9.17) is 4.74 Å². The van der Waals surface area contributed by atoms with Gasteiger partial charge >= 0.3 is 5.97 Å². The molecule has 0 fully saturated rings. The smallest absolute Gasteiger partial charge is 0.355 e. The Morgan fingerprint density at radius 3 is 2.18 bits per heavy atom. The molecule has 0 N–H and O–H groups in total. The number of esters is 1. The number of hydrogen-bond donors (Lipinski definition) is 0. The molecule has 0 saturated carbocycles. The SMILES string of the molecule is CCOC(=O)c1c(C)c(C(=O)[C@H](C)N(Cc2ccc(F)cc2)C(=O)CC(C)C)c(C)n1CC. The van der Waals surface area contributed by atoms with E-state index in [-0.39, 0.29) is 36.6 Å². The van der Waals surface area contributed by atoms with Crippen LogP contribution in [-0.4, -0.2) is 39.8 Å². The Balaban J connectivity index is 2.48. The molecule has 2 rings (SSSR count). The molecule has 0 spiro atoms. The van der Waals surface area contributed by atoms with Crippen molar-refractivity contribution in [2.24, 2.45) is 5.92 Å². The zero-order valence-corrected chi connectivity index (χ0v) is 20.7. The van der Waals surface area contributed by atoms with E-state index in [1.165, 1.54) is 12.1 Å². The molecule has 2 aromatic rings. The highest BCUT2D eigenvalue weighted by molar-refractivity contribution is 6.06. The minimum atomic E-state index is -0.763. The van der Waals surface area contributed by atoms with E-state index in [1.54, 1.807) is 49.3 Å². The molecule has 0 aliphatic carbocycles. The molecule has 1 aromatic heterocycles. The van der Waals surface area contributed by atoms with E-state index < -0.39 is 12.0 Å². The summed E-state index contributed by atoms with van der Waals surface area (Å²) in [6.07, 6.45) is 0.292. The molecular weight excluding hydrogens is 423 g/mol. The van der Waals surface area contributed by atoms with Crippen LogP contribution in [0.5, 0.6) is 0 Å². The van der Waals surface area contributed by atoms with E-state index in [2.05, 4.69) is 0 Å². The minimum absolute atomic E-state index is 0.121. The van der Waals surface area contributed by atoms with Gasteiger partial charge in [0.2, 0.25) is 5.91 Å². The lowest BCUT2D eigenvalue weighted by atomic mass is 9.98. The molecule has 1 amide bonds. The molecule has 0 aliphatic rings. The minimum Gasteiger partial charge on any atom is -0.461 e. The first-order valence-corrected chi connectivity index (χ1v) is 11.5. The number of ether oxygens (including phenoxy) is 1. The lowest BCUT2D eigenvalue weighted by molar-refractivity contribution is -0.133. The molecule has 6 nitrogen and oxygen atoms in total. The van der Waals surface area contributed by atoms with E-state index in [0.717, 1.165) is 5.56 Å². The number of carbonyl (C=O) groups excluding carboxylic acids is 3. The van der Waals surface area contributed by atoms with Gasteiger partial charge in [0.25, 0.3) is 0 Å². The zero-order chi connectivity index (χ0) is 24.9. The number of halogens is 1. The van der Waals surface area contributed by atoms with Crippen molar-refractivity contribution in [2.75, 3.05) is 6.61 Å². The normalized spacial score (nSPS) is 12.0. The Kier molecular flexibility index (Phi) is 8.97. The van der Waals surface area contributed by atoms with Crippen LogP contribution in [0.15, 0.2) is 24.3 Å². The van der Waals surface area contributed by atoms with Crippen LogP contribution in [0, 0.1) is 25.6 Å². The second-order valence-corrected chi connectivity index (χ2v) is 8.69. The Morgan fingerprint density at radius 2 is 1.67 bits per heavy atom. The van der Waals surface area contributed by atoms with Crippen molar-refractivity contribution in [3.05, 3.63) is 58.2 Å². The summed E-state index contributed by atoms with van der Waals surface area (Å²) in [6, 6.07) is 5.15. The number of rotatable bonds is 10. The first-order valence-electron chi connectivity index (χ1n) is 11.5. The van der Waals surface area contributed by atoms with Crippen LogP contribution < -0.4 is 0 Å². The summed E-state index contributed by atoms with van der Waals surface area (Å²) >= 11 is 0. The summed E-state index contributed by atoms with van der Waals surface area (Å²) in [6.45, 7) is 13.7. The van der Waals surface area contributed by atoms with Crippen LogP contribution >= 0.6 is 0 Å². The predicted molar refractivity (Wildman–Crippen MR) is 126 cm³/mol. The van der Waals surface area contributed by atoms with Gasteiger partial charge < -0.3 is 14.2 Å². The summed E-state index contributed by atoms with van der Waals surface area (Å²) in [5.74, 6) is -1.09. The van der Waals surface area contributed by atoms with Gasteiger partial charge in [-0.1, -0.05) is 26.0 Å². The molecular formula is C26H35FN2O4. The summed E-state index contributed by atoms with van der Waals surface area (Å²) in [4.78, 5) is 40.9. The quantitative estimate of drug-likeness (QED) is 0.367. The number of benzene rings is 1. The molecule has 0 aliphatic heterocycles. The van der Waals surface area contributed by atoms with Crippen molar-refractivity contribution in [1.82, 2.24) is 9.47 Å². The highest BCUT2D eigenvalue weighted by Gasteiger charge is 2.33. The summed E-state index contributed by atoms with van der Waals surface area (Å²) < 4.78 is 20.4. The average molecular weight is 459 g/mol. The van der Waals surface area contributed by atoms with E-state index in [1.807, 2.05) is 20.8 Å². The molecule has 1 atom stereocenters. The molecule has 1 aromatic carbocycles. The first-order chi connectivity index (χ1) is 15.5. The Morgan fingerprint density at radius 1 is 1.06 bits per heavy atom. The number of ketones is 1. The summed E-state index contributed by atoms with van der Waals surface area (Å²) in [5.41, 5.74) is 2.77. The van der Waals surface area contributed by atoms with Gasteiger partial charge in [-0.05, 0) is 63.8 Å². The summed E-state index contributed by atoms with van der Waals surface area (Å²) in [5, 5.41) is 0. The fourth-order valence-electron chi connectivity index (χ4n) is 4.16. The topological polar surface area (TPSA) is 68.6 Å². The van der Waals surface area contributed by atoms with Crippen LogP contribution in [0.2, 0.25) is 0 Å². The van der Waals surface area contributed by atoms with Gasteiger partial charge in [0.15, 0.2) is 5.78 Å². The fraction of sp³-hybridized carbons (Fsp3) is 0.500. The summed E-state index contributed by atoms with van der Waals surface area (Å²) in [7, 11) is 0. The largest absolute Gasteiger partial charge is 0.461 e. The molecule has 0 unspecified atom stereocenters. The van der Waals surface area contributed by atoms with Gasteiger partial charge in [-0.3, -0.25) is 9.59 Å². The zero-order valence-electron chi connectivity index (χ0n) is 20.7. The second-order valence-electron chi connectivity index (χ2n) is 8.69. The monoisotopic (exact) mass is 458 g/mol. The van der Waals surface area contributed by atoms with Crippen molar-refractivity contribution in [2.45, 2.75) is 74.0 Å². The van der Waals surface area contributed by atoms with E-state index >= 15 is 0 Å². The molecule has 1 heterocycles. The number of hydrogen-bond acceptors (Lipinski definition) is 4. The van der Waals surface area contributed by atoms with Crippen LogP contribution in [0.25, 0.3) is 0 Å². The van der Waals surface area contributed by atoms with Gasteiger partial charge in [0, 0.05) is 30.8 Å². The van der Waals surface area contributed by atoms with Gasteiger partial charge in [-0.15, -0.1) is 0 Å². The Bertz CT molecular complexity index is 1010. The third-order valence-electron chi connectivity index (χ3n) is 5.81. The molecule has 0 radical (unpaired) electrons. The van der Waals surface area contributed by atoms with Crippen molar-refractivity contribution in [3.63, 3.8) is 0 Å². The number of Topliss-reactive ketones (excluding diaryl/α,β-unsaturated/α-hetero) is 1. The lowest BCUT2D eigenvalue weighted by Crippen LogP contribution is -2.43. The highest BCUT2D eigenvalue weighted by atomic mass is 19.1. The average Bonchev–Trinajstić information content (AvgIpc) is 3.01. The predicted octanol–water partition coefficient (Wildman–Crippen LogP) is 5.09. The van der Waals surface area contributed by atoms with Gasteiger partial charge in [-0.2, -0.15) is 0 Å². The van der Waals surface area contributed by atoms with E-state index in [0.29, 0.717) is 35.5 Å². The first kappa shape index (κ1) is 26.3. The fourth-order valence-corrected chi connectivity index (χ4v) is 4.16. The van der Waals surface area contributed by atoms with Gasteiger partial charge in [0.1, 0.15) is 11.5 Å². The maximum absolute atomic E-state index is 13.7. The number of nitrogens with zero attached hydrogens (tertiary/aromatic N) is 2. The highest BCUT2D eigenvalue weighted by Crippen LogP contribution is 2.26. The molecule has 7 heteroatoms.